The first-order valence-electron chi connectivity index (χ1n) is 9.83. The summed E-state index contributed by atoms with van der Waals surface area (Å²) in [7, 11) is -2.26. The highest BCUT2D eigenvalue weighted by Crippen LogP contribution is 2.28. The molecule has 3 N–H and O–H groups in total. The second-order valence-corrected chi connectivity index (χ2v) is 9.64. The lowest BCUT2D eigenvalue weighted by molar-refractivity contribution is -0.113. The summed E-state index contributed by atoms with van der Waals surface area (Å²) in [4.78, 5) is 17.2. The number of nitrogens with two attached hydrogens (primary N) is 1. The maximum Gasteiger partial charge on any atom is 0.238 e. The highest BCUT2D eigenvalue weighted by molar-refractivity contribution is 7.99. The molecule has 166 valence electrons. The van der Waals surface area contributed by atoms with E-state index in [0.29, 0.717) is 22.1 Å². The van der Waals surface area contributed by atoms with E-state index in [0.717, 1.165) is 30.5 Å². The van der Waals surface area contributed by atoms with Crippen molar-refractivity contribution in [2.45, 2.75) is 43.3 Å². The van der Waals surface area contributed by atoms with E-state index in [1.165, 1.54) is 23.9 Å². The standard InChI is InChI=1S/C21H26N4O4S2/c1-4-5-10-25-18-8-7-15(31(22,27)28)12-16(18)24-21(25)30-13-20(26)23-17-11-14(2)6-9-19(17)29-3/h6-9,11-12H,4-5,10,13H2,1-3H3,(H,23,26)(H2,22,27,28). The number of ether oxygens (including phenoxy) is 1. The van der Waals surface area contributed by atoms with E-state index in [9.17, 15) is 13.2 Å². The average Bonchev–Trinajstić information content (AvgIpc) is 3.07. The van der Waals surface area contributed by atoms with Gasteiger partial charge in [-0.25, -0.2) is 18.5 Å². The number of hydrogen-bond acceptors (Lipinski definition) is 6. The molecule has 0 aliphatic carbocycles. The highest BCUT2D eigenvalue weighted by Gasteiger charge is 2.16. The zero-order chi connectivity index (χ0) is 22.6. The normalized spacial score (nSPS) is 11.6. The number of hydrogen-bond donors (Lipinski definition) is 2. The van der Waals surface area contributed by atoms with Gasteiger partial charge in [0, 0.05) is 6.54 Å². The van der Waals surface area contributed by atoms with E-state index in [4.69, 9.17) is 9.88 Å². The van der Waals surface area contributed by atoms with E-state index in [2.05, 4.69) is 17.2 Å². The number of primary sulfonamides is 1. The number of benzene rings is 2. The number of methoxy groups -OCH3 is 1. The second kappa shape index (κ2) is 9.71. The van der Waals surface area contributed by atoms with Gasteiger partial charge in [0.2, 0.25) is 15.9 Å². The molecule has 31 heavy (non-hydrogen) atoms. The van der Waals surface area contributed by atoms with Crippen LogP contribution in [0.2, 0.25) is 0 Å². The van der Waals surface area contributed by atoms with Crippen molar-refractivity contribution in [2.24, 2.45) is 5.14 Å². The molecule has 0 spiro atoms. The summed E-state index contributed by atoms with van der Waals surface area (Å²) in [6.45, 7) is 4.75. The van der Waals surface area contributed by atoms with Crippen LogP contribution in [-0.4, -0.2) is 36.7 Å². The number of nitrogens with zero attached hydrogens (tertiary/aromatic N) is 2. The van der Waals surface area contributed by atoms with E-state index in [-0.39, 0.29) is 16.6 Å². The van der Waals surface area contributed by atoms with E-state index in [1.54, 1.807) is 13.2 Å². The van der Waals surface area contributed by atoms with Crippen LogP contribution >= 0.6 is 11.8 Å². The van der Waals surface area contributed by atoms with Crippen molar-refractivity contribution >= 4 is 44.4 Å². The SMILES string of the molecule is CCCCn1c(SCC(=O)Nc2cc(C)ccc2OC)nc2cc(S(N)(=O)=O)ccc21. The van der Waals surface area contributed by atoms with Gasteiger partial charge in [0.15, 0.2) is 5.16 Å². The molecule has 0 saturated carbocycles. The number of thioether (sulfide) groups is 1. The summed E-state index contributed by atoms with van der Waals surface area (Å²) in [5.74, 6) is 0.553. The summed E-state index contributed by atoms with van der Waals surface area (Å²) in [5.41, 5.74) is 2.97. The lowest BCUT2D eigenvalue weighted by Gasteiger charge is -2.11. The monoisotopic (exact) mass is 462 g/mol. The van der Waals surface area contributed by atoms with Crippen LogP contribution < -0.4 is 15.2 Å². The number of nitrogens with one attached hydrogen (secondary N) is 1. The Balaban J connectivity index is 1.82. The third-order valence-electron chi connectivity index (χ3n) is 4.71. The van der Waals surface area contributed by atoms with Crippen LogP contribution in [0.5, 0.6) is 5.75 Å². The molecule has 1 amide bonds. The molecule has 2 aromatic carbocycles. The Kier molecular flexibility index (Phi) is 7.24. The number of carbonyl (C=O) groups is 1. The zero-order valence-corrected chi connectivity index (χ0v) is 19.3. The number of anilines is 1. The summed E-state index contributed by atoms with van der Waals surface area (Å²) in [5, 5.41) is 8.78. The number of sulfonamides is 1. The largest absolute Gasteiger partial charge is 0.495 e. The van der Waals surface area contributed by atoms with E-state index in [1.807, 2.05) is 29.7 Å². The molecule has 0 unspecified atom stereocenters. The van der Waals surface area contributed by atoms with Crippen molar-refractivity contribution in [3.05, 3.63) is 42.0 Å². The van der Waals surface area contributed by atoms with Gasteiger partial charge in [-0.3, -0.25) is 4.79 Å². The predicted octanol–water partition coefficient (Wildman–Crippen LogP) is 3.53. The van der Waals surface area contributed by atoms with Gasteiger partial charge in [0.1, 0.15) is 5.75 Å². The molecular formula is C21H26N4O4S2. The van der Waals surface area contributed by atoms with Crippen molar-refractivity contribution in [1.82, 2.24) is 9.55 Å². The van der Waals surface area contributed by atoms with Crippen molar-refractivity contribution in [3.8, 4) is 5.75 Å². The molecule has 0 fully saturated rings. The number of aromatic nitrogens is 2. The molecule has 1 heterocycles. The Morgan fingerprint density at radius 3 is 2.71 bits per heavy atom. The van der Waals surface area contributed by atoms with Crippen LogP contribution in [0.3, 0.4) is 0 Å². The van der Waals surface area contributed by atoms with Crippen molar-refractivity contribution in [3.63, 3.8) is 0 Å². The van der Waals surface area contributed by atoms with Gasteiger partial charge in [-0.2, -0.15) is 0 Å². The van der Waals surface area contributed by atoms with Crippen LogP contribution in [0.1, 0.15) is 25.3 Å². The zero-order valence-electron chi connectivity index (χ0n) is 17.7. The molecule has 3 rings (SSSR count). The fraction of sp³-hybridized carbons (Fsp3) is 0.333. The van der Waals surface area contributed by atoms with Crippen molar-refractivity contribution < 1.29 is 17.9 Å². The maximum absolute atomic E-state index is 12.6. The van der Waals surface area contributed by atoms with Gasteiger partial charge in [-0.1, -0.05) is 31.2 Å². The topological polar surface area (TPSA) is 116 Å². The number of fused-ring (bicyclic) bond motifs is 1. The smallest absolute Gasteiger partial charge is 0.238 e. The number of amides is 1. The molecule has 0 aliphatic heterocycles. The Morgan fingerprint density at radius 1 is 1.26 bits per heavy atom. The van der Waals surface area contributed by atoms with Crippen LogP contribution in [0.4, 0.5) is 5.69 Å². The molecule has 0 atom stereocenters. The fourth-order valence-corrected chi connectivity index (χ4v) is 4.52. The predicted molar refractivity (Wildman–Crippen MR) is 123 cm³/mol. The fourth-order valence-electron chi connectivity index (χ4n) is 3.14. The Hall–Kier alpha value is -2.56. The second-order valence-electron chi connectivity index (χ2n) is 7.14. The quantitative estimate of drug-likeness (QED) is 0.470. The first-order valence-corrected chi connectivity index (χ1v) is 12.4. The number of unbranched alkanes of at least 4 members (excludes halogenated alkanes) is 1. The summed E-state index contributed by atoms with van der Waals surface area (Å²) >= 11 is 1.30. The number of carbonyl (C=O) groups excluding carboxylic acids is 1. The molecule has 1 aromatic heterocycles. The Labute approximate surface area is 186 Å². The highest BCUT2D eigenvalue weighted by atomic mass is 32.2. The lowest BCUT2D eigenvalue weighted by atomic mass is 10.2. The number of aryl methyl sites for hydroxylation is 2. The summed E-state index contributed by atoms with van der Waals surface area (Å²) in [6.07, 6.45) is 1.93. The summed E-state index contributed by atoms with van der Waals surface area (Å²) in [6, 6.07) is 10.2. The van der Waals surface area contributed by atoms with Crippen molar-refractivity contribution in [2.75, 3.05) is 18.2 Å². The van der Waals surface area contributed by atoms with Crippen LogP contribution in [0.25, 0.3) is 11.0 Å². The van der Waals surface area contributed by atoms with Gasteiger partial charge >= 0.3 is 0 Å². The molecule has 3 aromatic rings. The van der Waals surface area contributed by atoms with Crippen LogP contribution in [0, 0.1) is 6.92 Å². The van der Waals surface area contributed by atoms with E-state index < -0.39 is 10.0 Å². The van der Waals surface area contributed by atoms with Gasteiger partial charge in [-0.15, -0.1) is 0 Å². The number of rotatable bonds is 9. The molecule has 0 radical (unpaired) electrons. The Bertz CT molecular complexity index is 1210. The van der Waals surface area contributed by atoms with Gasteiger partial charge in [0.05, 0.1) is 34.5 Å². The molecule has 10 heteroatoms. The van der Waals surface area contributed by atoms with Crippen LogP contribution in [-0.2, 0) is 21.4 Å². The lowest BCUT2D eigenvalue weighted by Crippen LogP contribution is -2.15. The number of imidazole rings is 1. The minimum absolute atomic E-state index is 0.0148. The van der Waals surface area contributed by atoms with Gasteiger partial charge in [0.25, 0.3) is 0 Å². The van der Waals surface area contributed by atoms with E-state index >= 15 is 0 Å². The summed E-state index contributed by atoms with van der Waals surface area (Å²) < 4.78 is 30.7. The first kappa shape index (κ1) is 23.1. The average molecular weight is 463 g/mol. The third-order valence-corrected chi connectivity index (χ3v) is 6.60. The molecule has 0 saturated heterocycles. The molecule has 0 bridgehead atoms. The minimum Gasteiger partial charge on any atom is -0.495 e. The molecular weight excluding hydrogens is 436 g/mol. The third kappa shape index (κ3) is 5.57. The molecule has 8 nitrogen and oxygen atoms in total. The van der Waals surface area contributed by atoms with Gasteiger partial charge in [-0.05, 0) is 49.2 Å². The first-order chi connectivity index (χ1) is 14.7. The Morgan fingerprint density at radius 2 is 2.03 bits per heavy atom. The van der Waals surface area contributed by atoms with Crippen LogP contribution in [0.15, 0.2) is 46.5 Å². The maximum atomic E-state index is 12.6. The molecule has 0 aliphatic rings. The van der Waals surface area contributed by atoms with Crippen molar-refractivity contribution in [1.29, 1.82) is 0 Å². The minimum atomic E-state index is -3.82. The van der Waals surface area contributed by atoms with Gasteiger partial charge < -0.3 is 14.6 Å².